The van der Waals surface area contributed by atoms with Crippen molar-refractivity contribution >= 4 is 5.97 Å². The third-order valence-corrected chi connectivity index (χ3v) is 1.39. The Morgan fingerprint density at radius 1 is 1.64 bits per heavy atom. The summed E-state index contributed by atoms with van der Waals surface area (Å²) in [6.45, 7) is 2.81. The smallest absolute Gasteiger partial charge is 0.309 e. The Bertz CT molecular complexity index is 143. The Kier molecular flexibility index (Phi) is 4.49. The summed E-state index contributed by atoms with van der Waals surface area (Å²) < 4.78 is 0. The zero-order valence-electron chi connectivity index (χ0n) is 6.10. The number of carboxylic acids is 1. The van der Waals surface area contributed by atoms with Crippen molar-refractivity contribution in [2.45, 2.75) is 12.5 Å². The van der Waals surface area contributed by atoms with Crippen molar-refractivity contribution in [3.8, 4) is 0 Å². The van der Waals surface area contributed by atoms with E-state index in [-0.39, 0.29) is 6.42 Å². The normalized spacial score (nSPS) is 15.5. The summed E-state index contributed by atoms with van der Waals surface area (Å²) >= 11 is 0. The molecule has 0 aliphatic rings. The second-order valence-corrected chi connectivity index (χ2v) is 2.22. The maximum Gasteiger partial charge on any atom is 0.309 e. The van der Waals surface area contributed by atoms with Gasteiger partial charge in [-0.2, -0.15) is 0 Å². The van der Waals surface area contributed by atoms with Gasteiger partial charge in [0, 0.05) is 0 Å². The first-order chi connectivity index (χ1) is 5.13. The molecule has 2 unspecified atom stereocenters. The van der Waals surface area contributed by atoms with Gasteiger partial charge in [-0.25, -0.2) is 0 Å². The van der Waals surface area contributed by atoms with E-state index in [4.69, 9.17) is 15.3 Å². The van der Waals surface area contributed by atoms with E-state index < -0.39 is 24.6 Å². The lowest BCUT2D eigenvalue weighted by Gasteiger charge is -2.14. The molecule has 0 spiro atoms. The third-order valence-electron chi connectivity index (χ3n) is 1.39. The van der Waals surface area contributed by atoms with Crippen molar-refractivity contribution in [3.05, 3.63) is 12.7 Å². The summed E-state index contributed by atoms with van der Waals surface area (Å²) in [5.74, 6) is -2.07. The number of allylic oxidation sites excluding steroid dienone is 1. The molecule has 0 aromatic carbocycles. The topological polar surface area (TPSA) is 77.8 Å². The Labute approximate surface area is 64.8 Å². The number of hydrogen-bond donors (Lipinski definition) is 3. The number of rotatable bonds is 5. The molecule has 0 rings (SSSR count). The van der Waals surface area contributed by atoms with Crippen LogP contribution in [0.1, 0.15) is 6.42 Å². The molecule has 0 bridgehead atoms. The molecule has 3 N–H and O–H groups in total. The van der Waals surface area contributed by atoms with Crippen LogP contribution < -0.4 is 0 Å². The van der Waals surface area contributed by atoms with Gasteiger partial charge in [0.25, 0.3) is 0 Å². The number of hydrogen-bond acceptors (Lipinski definition) is 3. The van der Waals surface area contributed by atoms with Crippen LogP contribution in [0.5, 0.6) is 0 Å². The van der Waals surface area contributed by atoms with E-state index in [2.05, 4.69) is 6.58 Å². The first-order valence-corrected chi connectivity index (χ1v) is 3.26. The van der Waals surface area contributed by atoms with Gasteiger partial charge in [-0.3, -0.25) is 4.79 Å². The van der Waals surface area contributed by atoms with Crippen LogP contribution >= 0.6 is 0 Å². The van der Waals surface area contributed by atoms with Gasteiger partial charge in [0.05, 0.1) is 18.6 Å². The standard InChI is InChI=1S/C7H12O4/c1-2-3-5(7(10)11)6(9)4-8/h2,5-6,8-9H,1,3-4H2,(H,10,11). The zero-order chi connectivity index (χ0) is 8.85. The van der Waals surface area contributed by atoms with Crippen molar-refractivity contribution in [1.82, 2.24) is 0 Å². The Hall–Kier alpha value is -0.870. The number of aliphatic hydroxyl groups is 2. The van der Waals surface area contributed by atoms with E-state index in [1.54, 1.807) is 0 Å². The van der Waals surface area contributed by atoms with Crippen LogP contribution in [0, 0.1) is 5.92 Å². The highest BCUT2D eigenvalue weighted by Gasteiger charge is 2.23. The van der Waals surface area contributed by atoms with Crippen molar-refractivity contribution in [1.29, 1.82) is 0 Å². The second-order valence-electron chi connectivity index (χ2n) is 2.22. The first kappa shape index (κ1) is 10.1. The summed E-state index contributed by atoms with van der Waals surface area (Å²) in [6.07, 6.45) is 0.361. The van der Waals surface area contributed by atoms with E-state index in [0.29, 0.717) is 0 Å². The molecule has 0 aromatic rings. The highest BCUT2D eigenvalue weighted by Crippen LogP contribution is 2.09. The van der Waals surface area contributed by atoms with Crippen LogP contribution in [0.4, 0.5) is 0 Å². The molecule has 4 heteroatoms. The molecule has 0 aromatic heterocycles. The Morgan fingerprint density at radius 2 is 2.18 bits per heavy atom. The van der Waals surface area contributed by atoms with Crippen molar-refractivity contribution in [2.75, 3.05) is 6.61 Å². The molecule has 64 valence electrons. The minimum absolute atomic E-state index is 0.164. The molecule has 0 heterocycles. The van der Waals surface area contributed by atoms with Crippen molar-refractivity contribution in [2.24, 2.45) is 5.92 Å². The van der Waals surface area contributed by atoms with Gasteiger partial charge in [-0.1, -0.05) is 6.08 Å². The summed E-state index contributed by atoms with van der Waals surface area (Å²) in [5.41, 5.74) is 0. The monoisotopic (exact) mass is 160 g/mol. The molecule has 0 radical (unpaired) electrons. The van der Waals surface area contributed by atoms with Gasteiger partial charge in [-0.15, -0.1) is 6.58 Å². The SMILES string of the molecule is C=CCC(C(=O)O)C(O)CO. The number of aliphatic carboxylic acids is 1. The predicted octanol–water partition coefficient (Wildman–Crippen LogP) is -0.383. The second kappa shape index (κ2) is 4.87. The Balaban J connectivity index is 4.08. The molecular weight excluding hydrogens is 148 g/mol. The minimum Gasteiger partial charge on any atom is -0.481 e. The van der Waals surface area contributed by atoms with E-state index >= 15 is 0 Å². The summed E-state index contributed by atoms with van der Waals surface area (Å²) in [5, 5.41) is 25.9. The first-order valence-electron chi connectivity index (χ1n) is 3.26. The fourth-order valence-corrected chi connectivity index (χ4v) is 0.729. The largest absolute Gasteiger partial charge is 0.481 e. The molecule has 0 aliphatic heterocycles. The van der Waals surface area contributed by atoms with Crippen LogP contribution in [0.2, 0.25) is 0 Å². The summed E-state index contributed by atoms with van der Waals surface area (Å²) in [6, 6.07) is 0. The lowest BCUT2D eigenvalue weighted by atomic mass is 9.99. The van der Waals surface area contributed by atoms with Gasteiger partial charge in [0.1, 0.15) is 0 Å². The molecular formula is C7H12O4. The van der Waals surface area contributed by atoms with Gasteiger partial charge >= 0.3 is 5.97 Å². The number of carbonyl (C=O) groups is 1. The highest BCUT2D eigenvalue weighted by molar-refractivity contribution is 5.70. The minimum atomic E-state index is -1.20. The maximum absolute atomic E-state index is 10.4. The Morgan fingerprint density at radius 3 is 2.45 bits per heavy atom. The van der Waals surface area contributed by atoms with Crippen LogP contribution in [-0.2, 0) is 4.79 Å². The van der Waals surface area contributed by atoms with E-state index in [1.165, 1.54) is 6.08 Å². The highest BCUT2D eigenvalue weighted by atomic mass is 16.4. The molecule has 0 fully saturated rings. The van der Waals surface area contributed by atoms with Gasteiger partial charge in [0.2, 0.25) is 0 Å². The lowest BCUT2D eigenvalue weighted by molar-refractivity contribution is -0.146. The van der Waals surface area contributed by atoms with E-state index in [9.17, 15) is 4.79 Å². The zero-order valence-corrected chi connectivity index (χ0v) is 6.10. The van der Waals surface area contributed by atoms with Crippen LogP contribution in [0.15, 0.2) is 12.7 Å². The van der Waals surface area contributed by atoms with E-state index in [0.717, 1.165) is 0 Å². The van der Waals surface area contributed by atoms with Crippen molar-refractivity contribution in [3.63, 3.8) is 0 Å². The number of aliphatic hydroxyl groups excluding tert-OH is 2. The molecule has 0 saturated carbocycles. The van der Waals surface area contributed by atoms with Crippen LogP contribution in [0.25, 0.3) is 0 Å². The fourth-order valence-electron chi connectivity index (χ4n) is 0.729. The summed E-state index contributed by atoms with van der Waals surface area (Å²) in [4.78, 5) is 10.4. The van der Waals surface area contributed by atoms with Crippen LogP contribution in [0.3, 0.4) is 0 Å². The van der Waals surface area contributed by atoms with Gasteiger partial charge in [0.15, 0.2) is 0 Å². The quantitative estimate of drug-likeness (QED) is 0.479. The molecule has 11 heavy (non-hydrogen) atoms. The van der Waals surface area contributed by atoms with Gasteiger partial charge in [-0.05, 0) is 6.42 Å². The summed E-state index contributed by atoms with van der Waals surface area (Å²) in [7, 11) is 0. The molecule has 2 atom stereocenters. The maximum atomic E-state index is 10.4. The van der Waals surface area contributed by atoms with Crippen molar-refractivity contribution < 1.29 is 20.1 Å². The molecule has 0 amide bonds. The lowest BCUT2D eigenvalue weighted by Crippen LogP contribution is -2.30. The number of carboxylic acid groups (broad SMARTS) is 1. The average Bonchev–Trinajstić information content (AvgIpc) is 1.98. The molecule has 4 nitrogen and oxygen atoms in total. The van der Waals surface area contributed by atoms with Gasteiger partial charge < -0.3 is 15.3 Å². The van der Waals surface area contributed by atoms with E-state index in [1.807, 2.05) is 0 Å². The predicted molar refractivity (Wildman–Crippen MR) is 39.0 cm³/mol. The molecule has 0 saturated heterocycles. The fraction of sp³-hybridized carbons (Fsp3) is 0.571. The van der Waals surface area contributed by atoms with Crippen LogP contribution in [-0.4, -0.2) is 34.0 Å². The average molecular weight is 160 g/mol. The third kappa shape index (κ3) is 3.15. The molecule has 0 aliphatic carbocycles.